The Labute approximate surface area is 88.1 Å². The standard InChI is InChI=1S/C10H15NO2S/c1-7(2)13-10(12)11-8(3)9-5-4-6-14-9/h4-8H,1-3H3,(H,11,12). The highest BCUT2D eigenvalue weighted by Crippen LogP contribution is 2.17. The zero-order valence-corrected chi connectivity index (χ0v) is 9.43. The summed E-state index contributed by atoms with van der Waals surface area (Å²) in [5, 5.41) is 4.75. The van der Waals surface area contributed by atoms with E-state index in [1.54, 1.807) is 11.3 Å². The Hall–Kier alpha value is -1.03. The molecule has 4 heteroatoms. The minimum Gasteiger partial charge on any atom is -0.447 e. The van der Waals surface area contributed by atoms with Gasteiger partial charge in [0, 0.05) is 4.88 Å². The van der Waals surface area contributed by atoms with E-state index in [4.69, 9.17) is 4.74 Å². The number of rotatable bonds is 3. The second kappa shape index (κ2) is 5.00. The molecule has 1 aromatic rings. The van der Waals surface area contributed by atoms with Crippen LogP contribution < -0.4 is 5.32 Å². The van der Waals surface area contributed by atoms with Crippen molar-refractivity contribution in [2.75, 3.05) is 0 Å². The number of thiophene rings is 1. The van der Waals surface area contributed by atoms with E-state index in [0.717, 1.165) is 4.88 Å². The highest BCUT2D eigenvalue weighted by atomic mass is 32.1. The first-order chi connectivity index (χ1) is 6.59. The number of ether oxygens (including phenoxy) is 1. The van der Waals surface area contributed by atoms with Crippen molar-refractivity contribution < 1.29 is 9.53 Å². The molecule has 1 rings (SSSR count). The highest BCUT2D eigenvalue weighted by molar-refractivity contribution is 7.10. The van der Waals surface area contributed by atoms with E-state index >= 15 is 0 Å². The second-order valence-corrected chi connectivity index (χ2v) is 4.31. The summed E-state index contributed by atoms with van der Waals surface area (Å²) >= 11 is 1.62. The molecular formula is C10H15NO2S. The lowest BCUT2D eigenvalue weighted by atomic mass is 10.3. The van der Waals surface area contributed by atoms with E-state index in [-0.39, 0.29) is 18.2 Å². The van der Waals surface area contributed by atoms with Crippen molar-refractivity contribution in [3.8, 4) is 0 Å². The number of carbonyl (C=O) groups excluding carboxylic acids is 1. The van der Waals surface area contributed by atoms with Crippen LogP contribution in [0.25, 0.3) is 0 Å². The highest BCUT2D eigenvalue weighted by Gasteiger charge is 2.11. The smallest absolute Gasteiger partial charge is 0.407 e. The van der Waals surface area contributed by atoms with Gasteiger partial charge in [-0.2, -0.15) is 0 Å². The molecule has 0 saturated carbocycles. The molecule has 0 aromatic carbocycles. The van der Waals surface area contributed by atoms with E-state index in [0.29, 0.717) is 0 Å². The van der Waals surface area contributed by atoms with E-state index in [1.165, 1.54) is 0 Å². The summed E-state index contributed by atoms with van der Waals surface area (Å²) in [6, 6.07) is 3.97. The zero-order chi connectivity index (χ0) is 10.6. The molecule has 1 unspecified atom stereocenters. The van der Waals surface area contributed by atoms with Crippen LogP contribution in [0.4, 0.5) is 4.79 Å². The molecule has 1 aromatic heterocycles. The Kier molecular flexibility index (Phi) is 3.95. The van der Waals surface area contributed by atoms with Crippen LogP contribution in [0, 0.1) is 0 Å². The maximum Gasteiger partial charge on any atom is 0.407 e. The molecule has 1 N–H and O–H groups in total. The maximum absolute atomic E-state index is 11.2. The fraction of sp³-hybridized carbons (Fsp3) is 0.500. The van der Waals surface area contributed by atoms with E-state index in [2.05, 4.69) is 5.32 Å². The van der Waals surface area contributed by atoms with Crippen LogP contribution in [0.1, 0.15) is 31.7 Å². The molecule has 1 amide bonds. The number of carbonyl (C=O) groups is 1. The molecule has 0 radical (unpaired) electrons. The first kappa shape index (κ1) is 11.0. The fourth-order valence-electron chi connectivity index (χ4n) is 1.03. The first-order valence-electron chi connectivity index (χ1n) is 4.60. The van der Waals surface area contributed by atoms with Crippen LogP contribution in [0.15, 0.2) is 17.5 Å². The molecule has 1 atom stereocenters. The van der Waals surface area contributed by atoms with Gasteiger partial charge in [-0.25, -0.2) is 4.79 Å². The lowest BCUT2D eigenvalue weighted by molar-refractivity contribution is 0.113. The Balaban J connectivity index is 2.41. The Morgan fingerprint density at radius 2 is 2.21 bits per heavy atom. The van der Waals surface area contributed by atoms with Crippen LogP contribution in [-0.2, 0) is 4.74 Å². The summed E-state index contributed by atoms with van der Waals surface area (Å²) in [6.07, 6.45) is -0.438. The topological polar surface area (TPSA) is 38.3 Å². The van der Waals surface area contributed by atoms with Crippen molar-refractivity contribution in [1.82, 2.24) is 5.32 Å². The quantitative estimate of drug-likeness (QED) is 0.838. The summed E-state index contributed by atoms with van der Waals surface area (Å²) in [4.78, 5) is 12.4. The molecule has 0 aliphatic heterocycles. The normalized spacial score (nSPS) is 12.6. The molecule has 0 saturated heterocycles. The van der Waals surface area contributed by atoms with Crippen LogP contribution in [0.2, 0.25) is 0 Å². The van der Waals surface area contributed by atoms with Gasteiger partial charge in [-0.1, -0.05) is 6.07 Å². The van der Waals surface area contributed by atoms with Crippen molar-refractivity contribution in [3.05, 3.63) is 22.4 Å². The van der Waals surface area contributed by atoms with Crippen molar-refractivity contribution in [2.45, 2.75) is 32.9 Å². The van der Waals surface area contributed by atoms with Gasteiger partial charge < -0.3 is 10.1 Å². The number of amides is 1. The molecule has 1 heterocycles. The second-order valence-electron chi connectivity index (χ2n) is 3.34. The number of nitrogens with one attached hydrogen (secondary N) is 1. The van der Waals surface area contributed by atoms with Crippen LogP contribution in [0.5, 0.6) is 0 Å². The number of hydrogen-bond acceptors (Lipinski definition) is 3. The van der Waals surface area contributed by atoms with Crippen molar-refractivity contribution in [2.24, 2.45) is 0 Å². The summed E-state index contributed by atoms with van der Waals surface area (Å²) in [5.41, 5.74) is 0. The summed E-state index contributed by atoms with van der Waals surface area (Å²) in [5.74, 6) is 0. The summed E-state index contributed by atoms with van der Waals surface area (Å²) in [7, 11) is 0. The van der Waals surface area contributed by atoms with Crippen molar-refractivity contribution in [3.63, 3.8) is 0 Å². The lowest BCUT2D eigenvalue weighted by Gasteiger charge is -2.13. The summed E-state index contributed by atoms with van der Waals surface area (Å²) in [6.45, 7) is 5.60. The van der Waals surface area contributed by atoms with Crippen LogP contribution in [-0.4, -0.2) is 12.2 Å². The minimum atomic E-state index is -0.360. The monoisotopic (exact) mass is 213 g/mol. The molecular weight excluding hydrogens is 198 g/mol. The van der Waals surface area contributed by atoms with Gasteiger partial charge in [0.2, 0.25) is 0 Å². The SMILES string of the molecule is CC(C)OC(=O)NC(C)c1cccs1. The predicted octanol–water partition coefficient (Wildman–Crippen LogP) is 2.94. The molecule has 0 bridgehead atoms. The van der Waals surface area contributed by atoms with Gasteiger partial charge in [0.25, 0.3) is 0 Å². The van der Waals surface area contributed by atoms with Crippen molar-refractivity contribution >= 4 is 17.4 Å². The molecule has 0 fully saturated rings. The minimum absolute atomic E-state index is 0.0150. The molecule has 78 valence electrons. The largest absolute Gasteiger partial charge is 0.447 e. The third-order valence-electron chi connectivity index (χ3n) is 1.65. The van der Waals surface area contributed by atoms with E-state index in [9.17, 15) is 4.79 Å². The van der Waals surface area contributed by atoms with E-state index < -0.39 is 0 Å². The Bertz CT molecular complexity index is 282. The van der Waals surface area contributed by atoms with Gasteiger partial charge in [0.15, 0.2) is 0 Å². The van der Waals surface area contributed by atoms with Gasteiger partial charge in [0.05, 0.1) is 12.1 Å². The van der Waals surface area contributed by atoms with Gasteiger partial charge in [-0.05, 0) is 32.2 Å². The van der Waals surface area contributed by atoms with Crippen LogP contribution in [0.3, 0.4) is 0 Å². The first-order valence-corrected chi connectivity index (χ1v) is 5.48. The lowest BCUT2D eigenvalue weighted by Crippen LogP contribution is -2.28. The van der Waals surface area contributed by atoms with Gasteiger partial charge in [-0.3, -0.25) is 0 Å². The molecule has 0 aliphatic carbocycles. The molecule has 3 nitrogen and oxygen atoms in total. The average Bonchev–Trinajstić information content (AvgIpc) is 2.53. The van der Waals surface area contributed by atoms with Crippen molar-refractivity contribution in [1.29, 1.82) is 0 Å². The van der Waals surface area contributed by atoms with E-state index in [1.807, 2.05) is 38.3 Å². The molecule has 0 aliphatic rings. The fourth-order valence-corrected chi connectivity index (χ4v) is 1.77. The Morgan fingerprint density at radius 3 is 2.71 bits per heavy atom. The third-order valence-corrected chi connectivity index (χ3v) is 2.70. The third kappa shape index (κ3) is 3.38. The van der Waals surface area contributed by atoms with Crippen LogP contribution >= 0.6 is 11.3 Å². The molecule has 0 spiro atoms. The number of hydrogen-bond donors (Lipinski definition) is 1. The van der Waals surface area contributed by atoms with Gasteiger partial charge in [0.1, 0.15) is 0 Å². The Morgan fingerprint density at radius 1 is 1.50 bits per heavy atom. The maximum atomic E-state index is 11.2. The molecule has 14 heavy (non-hydrogen) atoms. The van der Waals surface area contributed by atoms with Gasteiger partial charge in [-0.15, -0.1) is 11.3 Å². The number of alkyl carbamates (subject to hydrolysis) is 1. The summed E-state index contributed by atoms with van der Waals surface area (Å²) < 4.78 is 4.97. The predicted molar refractivity (Wildman–Crippen MR) is 57.5 cm³/mol. The van der Waals surface area contributed by atoms with Gasteiger partial charge >= 0.3 is 6.09 Å². The average molecular weight is 213 g/mol. The zero-order valence-electron chi connectivity index (χ0n) is 8.61.